The SMILES string of the molecule is CCC(C)OC(C)C(=O)Nc1ccc(OC)cc1N. The molecule has 0 bridgehead atoms. The Kier molecular flexibility index (Phi) is 5.63. The Balaban J connectivity index is 2.66. The summed E-state index contributed by atoms with van der Waals surface area (Å²) in [7, 11) is 1.56. The summed E-state index contributed by atoms with van der Waals surface area (Å²) in [4.78, 5) is 11.9. The number of ether oxygens (including phenoxy) is 2. The fraction of sp³-hybridized carbons (Fsp3) is 0.500. The molecular weight excluding hydrogens is 244 g/mol. The lowest BCUT2D eigenvalue weighted by atomic mass is 10.2. The van der Waals surface area contributed by atoms with E-state index in [1.54, 1.807) is 32.2 Å². The molecule has 1 aromatic rings. The van der Waals surface area contributed by atoms with Crippen LogP contribution in [0.25, 0.3) is 0 Å². The lowest BCUT2D eigenvalue weighted by Crippen LogP contribution is -2.30. The van der Waals surface area contributed by atoms with Crippen molar-refractivity contribution in [2.45, 2.75) is 39.4 Å². The van der Waals surface area contributed by atoms with Crippen molar-refractivity contribution >= 4 is 17.3 Å². The van der Waals surface area contributed by atoms with Gasteiger partial charge in [0.2, 0.25) is 0 Å². The number of amides is 1. The Morgan fingerprint density at radius 3 is 2.63 bits per heavy atom. The Labute approximate surface area is 114 Å². The number of nitrogen functional groups attached to an aromatic ring is 1. The predicted molar refractivity (Wildman–Crippen MR) is 76.3 cm³/mol. The number of anilines is 2. The molecule has 1 amide bonds. The summed E-state index contributed by atoms with van der Waals surface area (Å²) in [6.45, 7) is 5.67. The summed E-state index contributed by atoms with van der Waals surface area (Å²) < 4.78 is 10.6. The average Bonchev–Trinajstić information content (AvgIpc) is 2.40. The van der Waals surface area contributed by atoms with E-state index in [1.807, 2.05) is 13.8 Å². The Bertz CT molecular complexity index is 435. The van der Waals surface area contributed by atoms with Crippen molar-refractivity contribution in [2.24, 2.45) is 0 Å². The third-order valence-corrected chi connectivity index (χ3v) is 2.90. The molecular formula is C14H22N2O3. The maximum Gasteiger partial charge on any atom is 0.253 e. The van der Waals surface area contributed by atoms with Gasteiger partial charge in [-0.05, 0) is 32.4 Å². The molecule has 0 fully saturated rings. The number of methoxy groups -OCH3 is 1. The van der Waals surface area contributed by atoms with Crippen molar-refractivity contribution in [1.82, 2.24) is 0 Å². The molecule has 2 unspecified atom stereocenters. The second-order valence-electron chi connectivity index (χ2n) is 4.44. The van der Waals surface area contributed by atoms with E-state index in [4.69, 9.17) is 15.2 Å². The highest BCUT2D eigenvalue weighted by atomic mass is 16.5. The van der Waals surface area contributed by atoms with E-state index in [2.05, 4.69) is 5.32 Å². The molecule has 0 aromatic heterocycles. The van der Waals surface area contributed by atoms with Gasteiger partial charge in [0.1, 0.15) is 11.9 Å². The number of benzene rings is 1. The van der Waals surface area contributed by atoms with Gasteiger partial charge in [-0.2, -0.15) is 0 Å². The fourth-order valence-corrected chi connectivity index (χ4v) is 1.52. The molecule has 5 heteroatoms. The van der Waals surface area contributed by atoms with Crippen LogP contribution < -0.4 is 15.8 Å². The van der Waals surface area contributed by atoms with E-state index in [9.17, 15) is 4.79 Å². The number of nitrogens with two attached hydrogens (primary N) is 1. The van der Waals surface area contributed by atoms with E-state index in [1.165, 1.54) is 0 Å². The first-order chi connectivity index (χ1) is 8.97. The van der Waals surface area contributed by atoms with Crippen molar-refractivity contribution in [3.63, 3.8) is 0 Å². The zero-order valence-corrected chi connectivity index (χ0v) is 11.9. The van der Waals surface area contributed by atoms with Crippen LogP contribution in [0.3, 0.4) is 0 Å². The van der Waals surface area contributed by atoms with Gasteiger partial charge >= 0.3 is 0 Å². The van der Waals surface area contributed by atoms with E-state index < -0.39 is 6.10 Å². The molecule has 0 saturated heterocycles. The van der Waals surface area contributed by atoms with Crippen LogP contribution in [0.1, 0.15) is 27.2 Å². The molecule has 5 nitrogen and oxygen atoms in total. The van der Waals surface area contributed by atoms with Crippen LogP contribution in [-0.2, 0) is 9.53 Å². The van der Waals surface area contributed by atoms with E-state index in [-0.39, 0.29) is 12.0 Å². The Hall–Kier alpha value is -1.75. The van der Waals surface area contributed by atoms with Crippen molar-refractivity contribution in [1.29, 1.82) is 0 Å². The second-order valence-corrected chi connectivity index (χ2v) is 4.44. The summed E-state index contributed by atoms with van der Waals surface area (Å²) in [5.41, 5.74) is 6.86. The average molecular weight is 266 g/mol. The van der Waals surface area contributed by atoms with Gasteiger partial charge in [0.05, 0.1) is 24.6 Å². The van der Waals surface area contributed by atoms with Crippen LogP contribution in [0.2, 0.25) is 0 Å². The summed E-state index contributed by atoms with van der Waals surface area (Å²) >= 11 is 0. The van der Waals surface area contributed by atoms with Crippen molar-refractivity contribution in [2.75, 3.05) is 18.2 Å². The molecule has 1 aromatic carbocycles. The minimum atomic E-state index is -0.517. The molecule has 19 heavy (non-hydrogen) atoms. The van der Waals surface area contributed by atoms with Crippen molar-refractivity contribution in [3.8, 4) is 5.75 Å². The molecule has 0 heterocycles. The second kappa shape index (κ2) is 6.99. The summed E-state index contributed by atoms with van der Waals surface area (Å²) in [6.07, 6.45) is 0.396. The smallest absolute Gasteiger partial charge is 0.253 e. The lowest BCUT2D eigenvalue weighted by Gasteiger charge is -2.18. The van der Waals surface area contributed by atoms with E-state index in [0.29, 0.717) is 17.1 Å². The standard InChI is InChI=1S/C14H22N2O3/c1-5-9(2)19-10(3)14(17)16-13-7-6-11(18-4)8-12(13)15/h6-10H,5,15H2,1-4H3,(H,16,17). The van der Waals surface area contributed by atoms with Gasteiger partial charge in [-0.25, -0.2) is 0 Å². The Morgan fingerprint density at radius 2 is 2.11 bits per heavy atom. The topological polar surface area (TPSA) is 73.6 Å². The predicted octanol–water partition coefficient (Wildman–Crippen LogP) is 2.42. The molecule has 3 N–H and O–H groups in total. The highest BCUT2D eigenvalue weighted by Gasteiger charge is 2.17. The van der Waals surface area contributed by atoms with Gasteiger partial charge in [0, 0.05) is 6.07 Å². The third-order valence-electron chi connectivity index (χ3n) is 2.90. The van der Waals surface area contributed by atoms with Crippen molar-refractivity contribution < 1.29 is 14.3 Å². The number of carbonyl (C=O) groups is 1. The van der Waals surface area contributed by atoms with Gasteiger partial charge in [0.15, 0.2) is 0 Å². The molecule has 0 radical (unpaired) electrons. The van der Waals surface area contributed by atoms with Crippen molar-refractivity contribution in [3.05, 3.63) is 18.2 Å². The maximum atomic E-state index is 11.9. The Morgan fingerprint density at radius 1 is 1.42 bits per heavy atom. The zero-order chi connectivity index (χ0) is 14.4. The van der Waals surface area contributed by atoms with E-state index >= 15 is 0 Å². The molecule has 106 valence electrons. The first kappa shape index (κ1) is 15.3. The molecule has 0 aliphatic rings. The molecule has 0 spiro atoms. The molecule has 1 rings (SSSR count). The van der Waals surface area contributed by atoms with Gasteiger partial charge in [-0.15, -0.1) is 0 Å². The molecule has 0 saturated carbocycles. The van der Waals surface area contributed by atoms with Crippen LogP contribution >= 0.6 is 0 Å². The number of hydrogen-bond acceptors (Lipinski definition) is 4. The normalized spacial score (nSPS) is 13.7. The number of rotatable bonds is 6. The van der Waals surface area contributed by atoms with Crippen LogP contribution in [0.4, 0.5) is 11.4 Å². The number of hydrogen-bond donors (Lipinski definition) is 2. The van der Waals surface area contributed by atoms with Crippen LogP contribution in [0.15, 0.2) is 18.2 Å². The van der Waals surface area contributed by atoms with Gasteiger partial charge in [0.25, 0.3) is 5.91 Å². The van der Waals surface area contributed by atoms with Gasteiger partial charge in [-0.3, -0.25) is 4.79 Å². The summed E-state index contributed by atoms with van der Waals surface area (Å²) in [6, 6.07) is 5.12. The third kappa shape index (κ3) is 4.44. The maximum absolute atomic E-state index is 11.9. The number of carbonyl (C=O) groups excluding carboxylic acids is 1. The van der Waals surface area contributed by atoms with Crippen LogP contribution in [0.5, 0.6) is 5.75 Å². The van der Waals surface area contributed by atoms with Crippen LogP contribution in [0, 0.1) is 0 Å². The number of nitrogens with one attached hydrogen (secondary N) is 1. The first-order valence-electron chi connectivity index (χ1n) is 6.37. The van der Waals surface area contributed by atoms with E-state index in [0.717, 1.165) is 6.42 Å². The highest BCUT2D eigenvalue weighted by Crippen LogP contribution is 2.24. The lowest BCUT2D eigenvalue weighted by molar-refractivity contribution is -0.129. The monoisotopic (exact) mass is 266 g/mol. The summed E-state index contributed by atoms with van der Waals surface area (Å²) in [5.74, 6) is 0.441. The minimum Gasteiger partial charge on any atom is -0.497 e. The largest absolute Gasteiger partial charge is 0.497 e. The van der Waals surface area contributed by atoms with Gasteiger partial charge in [-0.1, -0.05) is 6.92 Å². The van der Waals surface area contributed by atoms with Gasteiger partial charge < -0.3 is 20.5 Å². The highest BCUT2D eigenvalue weighted by molar-refractivity contribution is 5.96. The molecule has 0 aliphatic heterocycles. The minimum absolute atomic E-state index is 0.0500. The first-order valence-corrected chi connectivity index (χ1v) is 6.37. The quantitative estimate of drug-likeness (QED) is 0.775. The van der Waals surface area contributed by atoms with Crippen LogP contribution in [-0.4, -0.2) is 25.2 Å². The molecule has 2 atom stereocenters. The zero-order valence-electron chi connectivity index (χ0n) is 11.9. The molecule has 0 aliphatic carbocycles. The fourth-order valence-electron chi connectivity index (χ4n) is 1.52. The summed E-state index contributed by atoms with van der Waals surface area (Å²) in [5, 5.41) is 2.75.